The number of carbonyl (C=O) groups is 1. The van der Waals surface area contributed by atoms with Gasteiger partial charge in [-0.05, 0) is 43.0 Å². The molecule has 154 valence electrons. The van der Waals surface area contributed by atoms with E-state index in [1.165, 1.54) is 11.3 Å². The molecule has 30 heavy (non-hydrogen) atoms. The van der Waals surface area contributed by atoms with Gasteiger partial charge in [0.05, 0.1) is 34.4 Å². The summed E-state index contributed by atoms with van der Waals surface area (Å²) in [5.74, 6) is -0.137. The number of aliphatic hydroxyl groups is 1. The lowest BCUT2D eigenvalue weighted by molar-refractivity contribution is 0.0334. The molecule has 2 N–H and O–H groups in total. The number of hydrogen-bond acceptors (Lipinski definition) is 7. The number of carbonyl (C=O) groups excluding carboxylic acids is 1. The summed E-state index contributed by atoms with van der Waals surface area (Å²) in [4.78, 5) is 19.7. The molecule has 0 amide bonds. The van der Waals surface area contributed by atoms with Gasteiger partial charge in [-0.15, -0.1) is 22.7 Å². The predicted octanol–water partition coefficient (Wildman–Crippen LogP) is 5.59. The van der Waals surface area contributed by atoms with Gasteiger partial charge in [-0.2, -0.15) is 0 Å². The Balaban J connectivity index is 1.57. The summed E-state index contributed by atoms with van der Waals surface area (Å²) in [5.41, 5.74) is 2.33. The highest BCUT2D eigenvalue weighted by atomic mass is 32.1. The first-order valence-corrected chi connectivity index (χ1v) is 11.3. The molecule has 1 aromatic carbocycles. The first-order chi connectivity index (χ1) is 14.5. The smallest absolute Gasteiger partial charge is 0.338 e. The Morgan fingerprint density at radius 2 is 2.17 bits per heavy atom. The van der Waals surface area contributed by atoms with Gasteiger partial charge in [0, 0.05) is 11.1 Å². The average molecular weight is 440 g/mol. The summed E-state index contributed by atoms with van der Waals surface area (Å²) in [6.45, 7) is 3.97. The quantitative estimate of drug-likeness (QED) is 0.489. The second kappa shape index (κ2) is 8.41. The summed E-state index contributed by atoms with van der Waals surface area (Å²) in [6, 6.07) is 10.9. The van der Waals surface area contributed by atoms with Crippen molar-refractivity contribution in [3.8, 4) is 10.6 Å². The summed E-state index contributed by atoms with van der Waals surface area (Å²) in [6.07, 6.45) is 0.580. The number of nitrogens with one attached hydrogen (secondary N) is 1. The Bertz CT molecular complexity index is 1120. The first-order valence-electron chi connectivity index (χ1n) is 9.57. The highest BCUT2D eigenvalue weighted by Gasteiger charge is 2.31. The lowest BCUT2D eigenvalue weighted by Gasteiger charge is -2.19. The molecule has 3 heterocycles. The third-order valence-corrected chi connectivity index (χ3v) is 6.62. The highest BCUT2D eigenvalue weighted by molar-refractivity contribution is 7.14. The SMILES string of the molecule is CCC(C)OC(=O)c1cccc(N2CC(O)=C(c3nc(-c4cccs4)cs3)C2=N)c1. The zero-order chi connectivity index (χ0) is 21.3. The number of thiazole rings is 1. The van der Waals surface area contributed by atoms with E-state index >= 15 is 0 Å². The van der Waals surface area contributed by atoms with E-state index in [1.54, 1.807) is 34.4 Å². The molecule has 1 aliphatic heterocycles. The van der Waals surface area contributed by atoms with Gasteiger partial charge in [0.2, 0.25) is 0 Å². The Kier molecular flexibility index (Phi) is 5.69. The van der Waals surface area contributed by atoms with Gasteiger partial charge >= 0.3 is 5.97 Å². The van der Waals surface area contributed by atoms with E-state index in [1.807, 2.05) is 42.8 Å². The van der Waals surface area contributed by atoms with Gasteiger partial charge in [-0.3, -0.25) is 5.41 Å². The molecule has 0 saturated carbocycles. The van der Waals surface area contributed by atoms with Crippen molar-refractivity contribution in [1.82, 2.24) is 4.98 Å². The van der Waals surface area contributed by atoms with Gasteiger partial charge in [0.25, 0.3) is 0 Å². The van der Waals surface area contributed by atoms with Crippen LogP contribution >= 0.6 is 22.7 Å². The van der Waals surface area contributed by atoms with Gasteiger partial charge in [0.15, 0.2) is 0 Å². The van der Waals surface area contributed by atoms with Crippen LogP contribution in [0.3, 0.4) is 0 Å². The van der Waals surface area contributed by atoms with Crippen molar-refractivity contribution in [3.05, 3.63) is 63.5 Å². The predicted molar refractivity (Wildman–Crippen MR) is 122 cm³/mol. The monoisotopic (exact) mass is 439 g/mol. The van der Waals surface area contributed by atoms with Crippen molar-refractivity contribution in [1.29, 1.82) is 5.41 Å². The lowest BCUT2D eigenvalue weighted by atomic mass is 10.2. The zero-order valence-corrected chi connectivity index (χ0v) is 18.2. The minimum atomic E-state index is -0.394. The number of aromatic nitrogens is 1. The number of hydrogen-bond donors (Lipinski definition) is 2. The molecule has 0 aliphatic carbocycles. The van der Waals surface area contributed by atoms with E-state index in [-0.39, 0.29) is 24.2 Å². The number of esters is 1. The number of amidine groups is 1. The van der Waals surface area contributed by atoms with E-state index in [0.29, 0.717) is 21.8 Å². The van der Waals surface area contributed by atoms with Crippen molar-refractivity contribution >= 4 is 45.7 Å². The topological polar surface area (TPSA) is 86.5 Å². The van der Waals surface area contributed by atoms with E-state index in [4.69, 9.17) is 10.1 Å². The van der Waals surface area contributed by atoms with Gasteiger partial charge in [0.1, 0.15) is 16.6 Å². The van der Waals surface area contributed by atoms with Gasteiger partial charge in [-0.1, -0.05) is 19.1 Å². The third-order valence-electron chi connectivity index (χ3n) is 4.87. The molecular weight excluding hydrogens is 418 g/mol. The molecule has 3 aromatic rings. The molecule has 1 aliphatic rings. The second-order valence-electron chi connectivity index (χ2n) is 6.95. The third kappa shape index (κ3) is 3.88. The zero-order valence-electron chi connectivity index (χ0n) is 16.6. The maximum atomic E-state index is 12.4. The van der Waals surface area contributed by atoms with Gasteiger partial charge < -0.3 is 14.7 Å². The maximum absolute atomic E-state index is 12.4. The lowest BCUT2D eigenvalue weighted by Crippen LogP contribution is -2.26. The summed E-state index contributed by atoms with van der Waals surface area (Å²) >= 11 is 3.00. The summed E-state index contributed by atoms with van der Waals surface area (Å²) in [7, 11) is 0. The number of anilines is 1. The van der Waals surface area contributed by atoms with Crippen molar-refractivity contribution in [2.45, 2.75) is 26.4 Å². The van der Waals surface area contributed by atoms with E-state index < -0.39 is 5.97 Å². The van der Waals surface area contributed by atoms with Crippen LogP contribution in [0.5, 0.6) is 0 Å². The number of aliphatic hydroxyl groups excluding tert-OH is 1. The Morgan fingerprint density at radius 1 is 1.33 bits per heavy atom. The van der Waals surface area contributed by atoms with E-state index in [9.17, 15) is 9.90 Å². The number of benzene rings is 1. The average Bonchev–Trinajstić information content (AvgIpc) is 3.48. The van der Waals surface area contributed by atoms with Crippen LogP contribution in [0.25, 0.3) is 16.1 Å². The maximum Gasteiger partial charge on any atom is 0.338 e. The molecule has 1 atom stereocenters. The molecule has 1 unspecified atom stereocenters. The van der Waals surface area contributed by atoms with Crippen LogP contribution in [0.1, 0.15) is 35.6 Å². The number of ether oxygens (including phenoxy) is 1. The fourth-order valence-corrected chi connectivity index (χ4v) is 4.73. The summed E-state index contributed by atoms with van der Waals surface area (Å²) < 4.78 is 5.40. The first kappa shape index (κ1) is 20.3. The van der Waals surface area contributed by atoms with Crippen LogP contribution in [-0.2, 0) is 4.74 Å². The molecule has 0 spiro atoms. The standard InChI is InChI=1S/C22H21N3O3S2/c1-3-13(2)28-22(27)14-6-4-7-15(10-14)25-11-17(26)19(20(25)23)21-24-16(12-30-21)18-8-5-9-29-18/h4-10,12-13,23,26H,3,11H2,1-2H3. The molecular formula is C22H21N3O3S2. The number of rotatable bonds is 6. The fourth-order valence-electron chi connectivity index (χ4n) is 3.09. The van der Waals surface area contributed by atoms with Crippen LogP contribution in [0.15, 0.2) is 52.9 Å². The molecule has 4 rings (SSSR count). The molecule has 0 radical (unpaired) electrons. The minimum absolute atomic E-state index is 0.0969. The van der Waals surface area contributed by atoms with Crippen molar-refractivity contribution < 1.29 is 14.6 Å². The van der Waals surface area contributed by atoms with Crippen LogP contribution in [0.4, 0.5) is 5.69 Å². The van der Waals surface area contributed by atoms with E-state index in [2.05, 4.69) is 4.98 Å². The van der Waals surface area contributed by atoms with Crippen molar-refractivity contribution in [3.63, 3.8) is 0 Å². The molecule has 6 nitrogen and oxygen atoms in total. The Labute approximate surface area is 182 Å². The Hall–Kier alpha value is -2.97. The fraction of sp³-hybridized carbons (Fsp3) is 0.227. The number of thiophene rings is 1. The second-order valence-corrected chi connectivity index (χ2v) is 8.75. The molecule has 0 bridgehead atoms. The van der Waals surface area contributed by atoms with Crippen LogP contribution < -0.4 is 4.90 Å². The van der Waals surface area contributed by atoms with Crippen LogP contribution in [0.2, 0.25) is 0 Å². The molecule has 8 heteroatoms. The van der Waals surface area contributed by atoms with Crippen molar-refractivity contribution in [2.24, 2.45) is 0 Å². The molecule has 0 fully saturated rings. The van der Waals surface area contributed by atoms with Gasteiger partial charge in [-0.25, -0.2) is 9.78 Å². The molecule has 2 aromatic heterocycles. The number of nitrogens with zero attached hydrogens (tertiary/aromatic N) is 2. The van der Waals surface area contributed by atoms with Crippen LogP contribution in [-0.4, -0.2) is 34.5 Å². The largest absolute Gasteiger partial charge is 0.510 e. The summed E-state index contributed by atoms with van der Waals surface area (Å²) in [5, 5.41) is 23.8. The normalized spacial score (nSPS) is 15.0. The van der Waals surface area contributed by atoms with Crippen molar-refractivity contribution in [2.75, 3.05) is 11.4 Å². The van der Waals surface area contributed by atoms with E-state index in [0.717, 1.165) is 17.0 Å². The minimum Gasteiger partial charge on any atom is -0.510 e. The molecule has 0 saturated heterocycles. The Morgan fingerprint density at radius 3 is 2.90 bits per heavy atom. The highest BCUT2D eigenvalue weighted by Crippen LogP contribution is 2.35. The van der Waals surface area contributed by atoms with Crippen LogP contribution in [0, 0.1) is 5.41 Å².